The van der Waals surface area contributed by atoms with Crippen LogP contribution in [0.2, 0.25) is 0 Å². The lowest BCUT2D eigenvalue weighted by Gasteiger charge is -2.21. The summed E-state index contributed by atoms with van der Waals surface area (Å²) in [5, 5.41) is 12.1. The summed E-state index contributed by atoms with van der Waals surface area (Å²) in [6.07, 6.45) is 2.53. The number of nitrogens with zero attached hydrogens (tertiary/aromatic N) is 1. The number of carbonyl (C=O) groups is 2. The summed E-state index contributed by atoms with van der Waals surface area (Å²) in [4.78, 5) is 25.8. The minimum atomic E-state index is -1.00. The van der Waals surface area contributed by atoms with Gasteiger partial charge in [-0.25, -0.2) is 0 Å². The van der Waals surface area contributed by atoms with E-state index < -0.39 is 30.0 Å². The van der Waals surface area contributed by atoms with Crippen LogP contribution in [0.5, 0.6) is 0 Å². The highest BCUT2D eigenvalue weighted by Crippen LogP contribution is 2.39. The van der Waals surface area contributed by atoms with Crippen LogP contribution in [-0.2, 0) is 14.3 Å². The Bertz CT molecular complexity index is 624. The Morgan fingerprint density at radius 1 is 1.09 bits per heavy atom. The Morgan fingerprint density at radius 2 is 1.68 bits per heavy atom. The van der Waals surface area contributed by atoms with Crippen molar-refractivity contribution in [2.24, 2.45) is 11.8 Å². The normalized spacial score (nSPS) is 28.6. The van der Waals surface area contributed by atoms with Crippen molar-refractivity contribution in [2.75, 3.05) is 24.3 Å². The number of amides is 1. The van der Waals surface area contributed by atoms with Crippen molar-refractivity contribution in [2.45, 2.75) is 12.2 Å². The third-order valence-corrected chi connectivity index (χ3v) is 4.14. The zero-order valence-corrected chi connectivity index (χ0v) is 12.4. The Labute approximate surface area is 128 Å². The lowest BCUT2D eigenvalue weighted by molar-refractivity contribution is -0.145. The molecule has 0 saturated carbocycles. The second-order valence-electron chi connectivity index (χ2n) is 5.77. The van der Waals surface area contributed by atoms with Crippen LogP contribution < -0.4 is 10.2 Å². The Kier molecular flexibility index (Phi) is 3.62. The quantitative estimate of drug-likeness (QED) is 0.821. The lowest BCUT2D eigenvalue weighted by Crippen LogP contribution is -2.39. The van der Waals surface area contributed by atoms with E-state index in [-0.39, 0.29) is 5.91 Å². The van der Waals surface area contributed by atoms with Crippen molar-refractivity contribution in [3.63, 3.8) is 0 Å². The van der Waals surface area contributed by atoms with Gasteiger partial charge in [0.1, 0.15) is 5.92 Å². The van der Waals surface area contributed by atoms with E-state index >= 15 is 0 Å². The fourth-order valence-electron chi connectivity index (χ4n) is 2.98. The fourth-order valence-corrected chi connectivity index (χ4v) is 2.98. The van der Waals surface area contributed by atoms with Crippen LogP contribution in [0.3, 0.4) is 0 Å². The van der Waals surface area contributed by atoms with Gasteiger partial charge in [-0.1, -0.05) is 12.2 Å². The largest absolute Gasteiger partial charge is 0.481 e. The molecule has 6 nitrogen and oxygen atoms in total. The highest BCUT2D eigenvalue weighted by atomic mass is 16.5. The van der Waals surface area contributed by atoms with Crippen molar-refractivity contribution in [1.82, 2.24) is 0 Å². The second-order valence-corrected chi connectivity index (χ2v) is 5.77. The number of hydrogen-bond donors (Lipinski definition) is 2. The highest BCUT2D eigenvalue weighted by molar-refractivity contribution is 5.96. The Morgan fingerprint density at radius 3 is 2.23 bits per heavy atom. The van der Waals surface area contributed by atoms with Crippen LogP contribution in [0.4, 0.5) is 11.4 Å². The molecule has 1 aromatic rings. The molecule has 116 valence electrons. The molecule has 1 saturated heterocycles. The van der Waals surface area contributed by atoms with E-state index in [1.807, 2.05) is 31.1 Å². The van der Waals surface area contributed by atoms with E-state index in [9.17, 15) is 14.7 Å². The van der Waals surface area contributed by atoms with Gasteiger partial charge < -0.3 is 20.1 Å². The van der Waals surface area contributed by atoms with Gasteiger partial charge in [-0.05, 0) is 24.3 Å². The van der Waals surface area contributed by atoms with Crippen molar-refractivity contribution < 1.29 is 19.4 Å². The fraction of sp³-hybridized carbons (Fsp3) is 0.375. The van der Waals surface area contributed by atoms with Crippen LogP contribution in [0.15, 0.2) is 36.4 Å². The topological polar surface area (TPSA) is 78.9 Å². The number of fused-ring (bicyclic) bond motifs is 2. The van der Waals surface area contributed by atoms with Crippen LogP contribution >= 0.6 is 0 Å². The summed E-state index contributed by atoms with van der Waals surface area (Å²) in [6, 6.07) is 7.38. The first-order chi connectivity index (χ1) is 10.5. The molecular weight excluding hydrogens is 284 g/mol. The zero-order valence-electron chi connectivity index (χ0n) is 12.4. The zero-order chi connectivity index (χ0) is 15.9. The van der Waals surface area contributed by atoms with E-state index in [4.69, 9.17) is 4.74 Å². The van der Waals surface area contributed by atoms with Crippen molar-refractivity contribution in [1.29, 1.82) is 0 Å². The van der Waals surface area contributed by atoms with Gasteiger partial charge >= 0.3 is 5.97 Å². The maximum atomic E-state index is 12.4. The van der Waals surface area contributed by atoms with Gasteiger partial charge in [0.05, 0.1) is 18.1 Å². The van der Waals surface area contributed by atoms with Crippen molar-refractivity contribution >= 4 is 23.3 Å². The van der Waals surface area contributed by atoms with E-state index in [0.29, 0.717) is 5.69 Å². The van der Waals surface area contributed by atoms with Gasteiger partial charge in [-0.3, -0.25) is 9.59 Å². The van der Waals surface area contributed by atoms with Gasteiger partial charge in [0.25, 0.3) is 0 Å². The van der Waals surface area contributed by atoms with E-state index in [2.05, 4.69) is 5.32 Å². The van der Waals surface area contributed by atoms with Gasteiger partial charge in [-0.15, -0.1) is 0 Å². The van der Waals surface area contributed by atoms with Gasteiger partial charge in [0.2, 0.25) is 5.91 Å². The Hall–Kier alpha value is -2.34. The van der Waals surface area contributed by atoms with Crippen LogP contribution in [0.1, 0.15) is 0 Å². The molecule has 2 aliphatic rings. The number of carboxylic acid groups (broad SMARTS) is 1. The molecule has 0 aliphatic carbocycles. The molecule has 0 radical (unpaired) electrons. The molecule has 2 N–H and O–H groups in total. The van der Waals surface area contributed by atoms with Gasteiger partial charge in [-0.2, -0.15) is 0 Å². The molecule has 2 bridgehead atoms. The number of ether oxygens (including phenoxy) is 1. The van der Waals surface area contributed by atoms with Crippen molar-refractivity contribution in [3.05, 3.63) is 36.4 Å². The smallest absolute Gasteiger partial charge is 0.310 e. The number of carbonyl (C=O) groups excluding carboxylic acids is 1. The van der Waals surface area contributed by atoms with Gasteiger partial charge in [0.15, 0.2) is 0 Å². The molecule has 4 atom stereocenters. The first-order valence-corrected chi connectivity index (χ1v) is 7.12. The first-order valence-electron chi connectivity index (χ1n) is 7.12. The molecule has 1 amide bonds. The molecule has 1 aromatic carbocycles. The number of aliphatic carboxylic acids is 1. The highest BCUT2D eigenvalue weighted by Gasteiger charge is 2.53. The Balaban J connectivity index is 1.74. The summed E-state index contributed by atoms with van der Waals surface area (Å²) in [5.41, 5.74) is 1.67. The number of carboxylic acids is 1. The maximum absolute atomic E-state index is 12.4. The predicted molar refractivity (Wildman–Crippen MR) is 81.8 cm³/mol. The second kappa shape index (κ2) is 5.46. The standard InChI is InChI=1S/C16H18N2O4/c1-18(2)10-5-3-9(4-6-10)17-15(19)13-11-7-8-12(22-11)14(13)16(20)21/h3-8,11-14H,1-2H3,(H,17,19)(H,20,21)/t11-,12-,13+,14+/m1/s1. The summed E-state index contributed by atoms with van der Waals surface area (Å²) < 4.78 is 5.51. The summed E-state index contributed by atoms with van der Waals surface area (Å²) in [7, 11) is 3.87. The number of anilines is 2. The SMILES string of the molecule is CN(C)c1ccc(NC(=O)[C@@H]2[C@@H](C(=O)O)[C@H]3C=C[C@H]2O3)cc1. The average molecular weight is 302 g/mol. The monoisotopic (exact) mass is 302 g/mol. The number of rotatable bonds is 4. The molecule has 2 aliphatic heterocycles. The van der Waals surface area contributed by atoms with E-state index in [1.165, 1.54) is 0 Å². The maximum Gasteiger partial charge on any atom is 0.310 e. The molecule has 0 aromatic heterocycles. The van der Waals surface area contributed by atoms with E-state index in [1.54, 1.807) is 24.3 Å². The predicted octanol–water partition coefficient (Wildman–Crippen LogP) is 1.35. The number of hydrogen-bond acceptors (Lipinski definition) is 4. The van der Waals surface area contributed by atoms with Crippen LogP contribution in [0.25, 0.3) is 0 Å². The molecule has 0 spiro atoms. The lowest BCUT2D eigenvalue weighted by atomic mass is 9.82. The third kappa shape index (κ3) is 2.46. The number of benzene rings is 1. The number of nitrogens with one attached hydrogen (secondary N) is 1. The molecule has 0 unspecified atom stereocenters. The summed E-state index contributed by atoms with van der Waals surface area (Å²) in [5.74, 6) is -2.83. The van der Waals surface area contributed by atoms with Gasteiger partial charge in [0, 0.05) is 25.5 Å². The molecule has 22 heavy (non-hydrogen) atoms. The van der Waals surface area contributed by atoms with E-state index in [0.717, 1.165) is 5.69 Å². The summed E-state index contributed by atoms with van der Waals surface area (Å²) >= 11 is 0. The molecule has 2 heterocycles. The minimum absolute atomic E-state index is 0.318. The molecule has 6 heteroatoms. The van der Waals surface area contributed by atoms with Crippen molar-refractivity contribution in [3.8, 4) is 0 Å². The summed E-state index contributed by atoms with van der Waals surface area (Å²) in [6.45, 7) is 0. The molecule has 1 fully saturated rings. The molecular formula is C16H18N2O4. The molecule has 3 rings (SSSR count). The minimum Gasteiger partial charge on any atom is -0.481 e. The third-order valence-electron chi connectivity index (χ3n) is 4.14. The van der Waals surface area contributed by atoms with Crippen LogP contribution in [-0.4, -0.2) is 43.3 Å². The van der Waals surface area contributed by atoms with Crippen LogP contribution in [0, 0.1) is 11.8 Å². The first kappa shape index (κ1) is 14.6. The average Bonchev–Trinajstić information content (AvgIpc) is 3.08.